The van der Waals surface area contributed by atoms with Gasteiger partial charge in [0, 0.05) is 18.0 Å². The van der Waals surface area contributed by atoms with Gasteiger partial charge in [-0.05, 0) is 66.9 Å². The lowest BCUT2D eigenvalue weighted by Gasteiger charge is -2.34. The molecule has 0 radical (unpaired) electrons. The smallest absolute Gasteiger partial charge is 0.266 e. The highest BCUT2D eigenvalue weighted by Crippen LogP contribution is 2.45. The van der Waals surface area contributed by atoms with Gasteiger partial charge in [-0.2, -0.15) is 0 Å². The van der Waals surface area contributed by atoms with Crippen molar-refractivity contribution in [3.63, 3.8) is 0 Å². The zero-order valence-electron chi connectivity index (χ0n) is 17.5. The van der Waals surface area contributed by atoms with Crippen LogP contribution in [0, 0.1) is 11.3 Å². The second-order valence-corrected chi connectivity index (χ2v) is 11.4. The zero-order chi connectivity index (χ0) is 20.6. The van der Waals surface area contributed by atoms with Gasteiger partial charge in [0.2, 0.25) is 0 Å². The van der Waals surface area contributed by atoms with Crippen molar-refractivity contribution in [1.29, 1.82) is 0 Å². The van der Waals surface area contributed by atoms with Crippen LogP contribution >= 0.6 is 22.7 Å². The molecule has 0 unspecified atom stereocenters. The van der Waals surface area contributed by atoms with E-state index in [-0.39, 0.29) is 17.2 Å². The van der Waals surface area contributed by atoms with E-state index >= 15 is 0 Å². The molecule has 4 rings (SSSR count). The third-order valence-corrected chi connectivity index (χ3v) is 8.36. The highest BCUT2D eigenvalue weighted by atomic mass is 32.1. The van der Waals surface area contributed by atoms with Crippen LogP contribution < -0.4 is 5.32 Å². The van der Waals surface area contributed by atoms with Gasteiger partial charge in [-0.15, -0.1) is 22.7 Å². The summed E-state index contributed by atoms with van der Waals surface area (Å²) in [4.78, 5) is 30.2. The number of fused-ring (bicyclic) bond motifs is 1. The van der Waals surface area contributed by atoms with E-state index in [1.807, 2.05) is 22.4 Å². The maximum Gasteiger partial charge on any atom is 0.266 e. The van der Waals surface area contributed by atoms with Crippen LogP contribution in [0.5, 0.6) is 0 Å². The summed E-state index contributed by atoms with van der Waals surface area (Å²) in [6.45, 7) is 8.55. The quantitative estimate of drug-likeness (QED) is 0.665. The largest absolute Gasteiger partial charge is 0.339 e. The highest BCUT2D eigenvalue weighted by Gasteiger charge is 2.35. The summed E-state index contributed by atoms with van der Waals surface area (Å²) in [5.41, 5.74) is 2.20. The van der Waals surface area contributed by atoms with E-state index in [0.29, 0.717) is 10.8 Å². The third-order valence-electron chi connectivity index (χ3n) is 6.32. The molecule has 29 heavy (non-hydrogen) atoms. The van der Waals surface area contributed by atoms with Crippen molar-refractivity contribution < 1.29 is 9.59 Å². The predicted octanol–water partition coefficient (Wildman–Crippen LogP) is 5.84. The molecule has 1 atom stereocenters. The molecule has 0 aromatic carbocycles. The first-order valence-electron chi connectivity index (χ1n) is 10.6. The van der Waals surface area contributed by atoms with Gasteiger partial charge in [0.1, 0.15) is 5.00 Å². The molecule has 1 aliphatic heterocycles. The second kappa shape index (κ2) is 8.23. The summed E-state index contributed by atoms with van der Waals surface area (Å²) in [7, 11) is 0. The molecular weight excluding hydrogens is 400 g/mol. The molecule has 3 heterocycles. The maximum atomic E-state index is 13.5. The van der Waals surface area contributed by atoms with E-state index in [9.17, 15) is 9.59 Å². The Morgan fingerprint density at radius 1 is 1.17 bits per heavy atom. The molecule has 1 fully saturated rings. The summed E-state index contributed by atoms with van der Waals surface area (Å²) in [6.07, 6.45) is 6.37. The fourth-order valence-corrected chi connectivity index (χ4v) is 6.40. The Balaban J connectivity index is 1.68. The number of carbonyl (C=O) groups is 2. The van der Waals surface area contributed by atoms with E-state index in [1.165, 1.54) is 28.2 Å². The van der Waals surface area contributed by atoms with Crippen LogP contribution in [-0.2, 0) is 12.8 Å². The van der Waals surface area contributed by atoms with Gasteiger partial charge in [0.15, 0.2) is 0 Å². The minimum Gasteiger partial charge on any atom is -0.339 e. The Labute approximate surface area is 181 Å². The van der Waals surface area contributed by atoms with Crippen molar-refractivity contribution in [2.24, 2.45) is 11.3 Å². The number of nitrogens with one attached hydrogen (secondary N) is 1. The molecular formula is C23H30N2O2S2. The van der Waals surface area contributed by atoms with Crippen molar-refractivity contribution in [3.05, 3.63) is 38.4 Å². The first-order valence-corrected chi connectivity index (χ1v) is 12.3. The van der Waals surface area contributed by atoms with Gasteiger partial charge < -0.3 is 10.2 Å². The van der Waals surface area contributed by atoms with E-state index in [1.54, 1.807) is 11.3 Å². The number of anilines is 1. The molecule has 6 heteroatoms. The minimum atomic E-state index is -0.112. The molecule has 1 aliphatic carbocycles. The summed E-state index contributed by atoms with van der Waals surface area (Å²) in [5, 5.41) is 5.74. The van der Waals surface area contributed by atoms with Crippen molar-refractivity contribution in [1.82, 2.24) is 4.90 Å². The van der Waals surface area contributed by atoms with Gasteiger partial charge in [-0.3, -0.25) is 9.59 Å². The average Bonchev–Trinajstić information content (AvgIpc) is 3.34. The van der Waals surface area contributed by atoms with Crippen molar-refractivity contribution in [3.8, 4) is 0 Å². The topological polar surface area (TPSA) is 49.4 Å². The Morgan fingerprint density at radius 3 is 2.59 bits per heavy atom. The zero-order valence-corrected chi connectivity index (χ0v) is 19.2. The first kappa shape index (κ1) is 20.6. The summed E-state index contributed by atoms with van der Waals surface area (Å²) < 4.78 is 0. The van der Waals surface area contributed by atoms with Gasteiger partial charge in [-0.1, -0.05) is 26.8 Å². The third kappa shape index (κ3) is 4.29. The molecule has 0 bridgehead atoms. The SMILES string of the molecule is CC(C)(C)[C@H]1CCc2c(sc(NC(=O)c3cccs3)c2C(=O)N2CCCCC2)C1. The number of carbonyl (C=O) groups excluding carboxylic acids is 2. The standard InChI is InChI=1S/C23H30N2O2S2/c1-23(2,3)15-9-10-16-18(14-15)29-21(24-20(26)17-8-7-13-28-17)19(16)22(27)25-11-5-4-6-12-25/h7-8,13,15H,4-6,9-12,14H2,1-3H3,(H,24,26)/t15-/m0/s1. The Hall–Kier alpha value is -1.66. The molecule has 156 valence electrons. The number of hydrogen-bond acceptors (Lipinski definition) is 4. The predicted molar refractivity (Wildman–Crippen MR) is 121 cm³/mol. The summed E-state index contributed by atoms with van der Waals surface area (Å²) >= 11 is 3.05. The Morgan fingerprint density at radius 2 is 1.93 bits per heavy atom. The first-order chi connectivity index (χ1) is 13.8. The van der Waals surface area contributed by atoms with Gasteiger partial charge in [0.25, 0.3) is 11.8 Å². The van der Waals surface area contributed by atoms with Crippen LogP contribution in [0.2, 0.25) is 0 Å². The van der Waals surface area contributed by atoms with Crippen LogP contribution in [0.1, 0.15) is 76.9 Å². The number of amides is 2. The van der Waals surface area contributed by atoms with E-state index in [0.717, 1.165) is 55.8 Å². The maximum absolute atomic E-state index is 13.5. The van der Waals surface area contributed by atoms with Crippen molar-refractivity contribution >= 4 is 39.5 Å². The molecule has 0 saturated carbocycles. The lowest BCUT2D eigenvalue weighted by Crippen LogP contribution is -2.36. The number of likely N-dealkylation sites (tertiary alicyclic amines) is 1. The monoisotopic (exact) mass is 430 g/mol. The fraction of sp³-hybridized carbons (Fsp3) is 0.565. The van der Waals surface area contributed by atoms with Gasteiger partial charge in [0.05, 0.1) is 10.4 Å². The molecule has 2 amide bonds. The highest BCUT2D eigenvalue weighted by molar-refractivity contribution is 7.17. The van der Waals surface area contributed by atoms with Crippen molar-refractivity contribution in [2.75, 3.05) is 18.4 Å². The number of piperidine rings is 1. The van der Waals surface area contributed by atoms with Crippen LogP contribution in [0.25, 0.3) is 0 Å². The van der Waals surface area contributed by atoms with E-state index in [4.69, 9.17) is 0 Å². The lowest BCUT2D eigenvalue weighted by atomic mass is 9.72. The van der Waals surface area contributed by atoms with Crippen molar-refractivity contribution in [2.45, 2.75) is 59.3 Å². The normalized spacial score (nSPS) is 19.7. The summed E-state index contributed by atoms with van der Waals surface area (Å²) in [5.74, 6) is 0.601. The molecule has 1 N–H and O–H groups in total. The van der Waals surface area contributed by atoms with Crippen LogP contribution in [0.15, 0.2) is 17.5 Å². The minimum absolute atomic E-state index is 0.109. The molecule has 1 saturated heterocycles. The lowest BCUT2D eigenvalue weighted by molar-refractivity contribution is 0.0724. The average molecular weight is 431 g/mol. The second-order valence-electron chi connectivity index (χ2n) is 9.30. The molecule has 0 spiro atoms. The van der Waals surface area contributed by atoms with Crippen LogP contribution in [0.4, 0.5) is 5.00 Å². The fourth-order valence-electron chi connectivity index (χ4n) is 4.47. The van der Waals surface area contributed by atoms with Crippen LogP contribution in [0.3, 0.4) is 0 Å². The molecule has 2 aromatic rings. The number of rotatable bonds is 3. The molecule has 4 nitrogen and oxygen atoms in total. The van der Waals surface area contributed by atoms with Gasteiger partial charge in [-0.25, -0.2) is 0 Å². The Bertz CT molecular complexity index is 887. The molecule has 2 aliphatic rings. The summed E-state index contributed by atoms with van der Waals surface area (Å²) in [6, 6.07) is 3.71. The van der Waals surface area contributed by atoms with E-state index in [2.05, 4.69) is 26.1 Å². The van der Waals surface area contributed by atoms with Crippen LogP contribution in [-0.4, -0.2) is 29.8 Å². The van der Waals surface area contributed by atoms with Gasteiger partial charge >= 0.3 is 0 Å². The molecule has 2 aromatic heterocycles. The number of thiophene rings is 2. The number of hydrogen-bond donors (Lipinski definition) is 1. The number of nitrogens with zero attached hydrogens (tertiary/aromatic N) is 1. The van der Waals surface area contributed by atoms with E-state index < -0.39 is 0 Å². The Kier molecular flexibility index (Phi) is 5.85.